The summed E-state index contributed by atoms with van der Waals surface area (Å²) in [4.78, 5) is 1.09. The molecule has 0 radical (unpaired) electrons. The molecule has 0 aliphatic carbocycles. The maximum Gasteiger partial charge on any atom is 0.0603 e. The number of nitrogens with two attached hydrogens (primary N) is 1. The molecule has 0 heterocycles. The summed E-state index contributed by atoms with van der Waals surface area (Å²) in [5.41, 5.74) is 7.63. The molecule has 0 aromatic heterocycles. The Kier molecular flexibility index (Phi) is 6.00. The molecule has 2 atom stereocenters. The highest BCUT2D eigenvalue weighted by atomic mass is 35.5. The van der Waals surface area contributed by atoms with Crippen molar-refractivity contribution in [1.29, 1.82) is 0 Å². The van der Waals surface area contributed by atoms with Gasteiger partial charge >= 0.3 is 0 Å². The molecule has 2 aromatic rings. The standard InChI is InChI=1S/C17H19Cl2NS/c1-11(2)17(16(20)12-6-4-3-5-7-12)21-13-8-9-14(18)15(19)10-13/h3-11,16-17H,20H2,1-2H3. The van der Waals surface area contributed by atoms with Crippen LogP contribution in [0, 0.1) is 5.92 Å². The number of hydrogen-bond donors (Lipinski definition) is 1. The summed E-state index contributed by atoms with van der Waals surface area (Å²) in [6.07, 6.45) is 0. The SMILES string of the molecule is CC(C)C(Sc1ccc(Cl)c(Cl)c1)C(N)c1ccccc1. The van der Waals surface area contributed by atoms with Gasteiger partial charge in [-0.2, -0.15) is 0 Å². The van der Waals surface area contributed by atoms with Crippen molar-refractivity contribution in [2.75, 3.05) is 0 Å². The highest BCUT2D eigenvalue weighted by Gasteiger charge is 2.24. The van der Waals surface area contributed by atoms with E-state index in [1.165, 1.54) is 0 Å². The van der Waals surface area contributed by atoms with Crippen LogP contribution in [0.25, 0.3) is 0 Å². The van der Waals surface area contributed by atoms with Gasteiger partial charge in [0.25, 0.3) is 0 Å². The van der Waals surface area contributed by atoms with E-state index in [0.29, 0.717) is 16.0 Å². The smallest absolute Gasteiger partial charge is 0.0603 e. The minimum atomic E-state index is -0.0225. The Morgan fingerprint density at radius 3 is 2.19 bits per heavy atom. The molecule has 0 spiro atoms. The minimum absolute atomic E-state index is 0.0225. The maximum atomic E-state index is 6.48. The van der Waals surface area contributed by atoms with Crippen LogP contribution in [0.15, 0.2) is 53.4 Å². The molecular weight excluding hydrogens is 321 g/mol. The van der Waals surface area contributed by atoms with E-state index in [9.17, 15) is 0 Å². The van der Waals surface area contributed by atoms with Gasteiger partial charge in [-0.15, -0.1) is 11.8 Å². The second kappa shape index (κ2) is 7.55. The van der Waals surface area contributed by atoms with Crippen LogP contribution in [0.4, 0.5) is 0 Å². The van der Waals surface area contributed by atoms with E-state index in [0.717, 1.165) is 10.5 Å². The van der Waals surface area contributed by atoms with Crippen LogP contribution in [0.5, 0.6) is 0 Å². The number of thioether (sulfide) groups is 1. The van der Waals surface area contributed by atoms with Crippen molar-refractivity contribution in [3.63, 3.8) is 0 Å². The summed E-state index contributed by atoms with van der Waals surface area (Å²) in [6, 6.07) is 15.9. The molecule has 0 amide bonds. The maximum absolute atomic E-state index is 6.48. The molecule has 4 heteroatoms. The van der Waals surface area contributed by atoms with Crippen LogP contribution in [0.1, 0.15) is 25.5 Å². The number of hydrogen-bond acceptors (Lipinski definition) is 2. The highest BCUT2D eigenvalue weighted by Crippen LogP contribution is 2.37. The monoisotopic (exact) mass is 339 g/mol. The van der Waals surface area contributed by atoms with E-state index in [4.69, 9.17) is 28.9 Å². The molecule has 2 N–H and O–H groups in total. The Labute approximate surface area is 140 Å². The van der Waals surface area contributed by atoms with Crippen LogP contribution < -0.4 is 5.73 Å². The molecule has 0 bridgehead atoms. The molecule has 0 saturated carbocycles. The van der Waals surface area contributed by atoms with Crippen molar-refractivity contribution >= 4 is 35.0 Å². The third-order valence-electron chi connectivity index (χ3n) is 3.36. The normalized spacial score (nSPS) is 14.2. The van der Waals surface area contributed by atoms with Gasteiger partial charge in [0, 0.05) is 16.2 Å². The van der Waals surface area contributed by atoms with Crippen LogP contribution in [0.2, 0.25) is 10.0 Å². The molecule has 21 heavy (non-hydrogen) atoms. The second-order valence-electron chi connectivity index (χ2n) is 5.34. The molecule has 0 fully saturated rings. The quantitative estimate of drug-likeness (QED) is 0.695. The zero-order valence-electron chi connectivity index (χ0n) is 12.1. The third kappa shape index (κ3) is 4.40. The molecular formula is C17H19Cl2NS. The largest absolute Gasteiger partial charge is 0.323 e. The molecule has 2 unspecified atom stereocenters. The van der Waals surface area contributed by atoms with Crippen molar-refractivity contribution in [2.24, 2.45) is 11.7 Å². The average Bonchev–Trinajstić information content (AvgIpc) is 2.48. The predicted molar refractivity (Wildman–Crippen MR) is 94.3 cm³/mol. The Morgan fingerprint density at radius 2 is 1.62 bits per heavy atom. The van der Waals surface area contributed by atoms with Crippen LogP contribution >= 0.6 is 35.0 Å². The van der Waals surface area contributed by atoms with Crippen molar-refractivity contribution < 1.29 is 0 Å². The topological polar surface area (TPSA) is 26.0 Å². The summed E-state index contributed by atoms with van der Waals surface area (Å²) < 4.78 is 0. The minimum Gasteiger partial charge on any atom is -0.323 e. The summed E-state index contributed by atoms with van der Waals surface area (Å²) in [5.74, 6) is 0.444. The first-order chi connectivity index (χ1) is 9.99. The van der Waals surface area contributed by atoms with Gasteiger partial charge in [0.2, 0.25) is 0 Å². The van der Waals surface area contributed by atoms with Gasteiger partial charge in [-0.05, 0) is 29.7 Å². The molecule has 0 aliphatic heterocycles. The molecule has 2 aromatic carbocycles. The predicted octanol–water partition coefficient (Wildman–Crippen LogP) is 5.81. The van der Waals surface area contributed by atoms with E-state index in [2.05, 4.69) is 26.0 Å². The van der Waals surface area contributed by atoms with Crippen molar-refractivity contribution in [3.8, 4) is 0 Å². The number of rotatable bonds is 5. The summed E-state index contributed by atoms with van der Waals surface area (Å²) in [5, 5.41) is 1.43. The third-order valence-corrected chi connectivity index (χ3v) is 5.73. The lowest BCUT2D eigenvalue weighted by Gasteiger charge is -2.27. The lowest BCUT2D eigenvalue weighted by atomic mass is 9.97. The molecule has 2 rings (SSSR count). The second-order valence-corrected chi connectivity index (χ2v) is 7.40. The van der Waals surface area contributed by atoms with Gasteiger partial charge in [0.1, 0.15) is 0 Å². The van der Waals surface area contributed by atoms with Gasteiger partial charge in [0.05, 0.1) is 10.0 Å². The van der Waals surface area contributed by atoms with Crippen LogP contribution in [-0.2, 0) is 0 Å². The first kappa shape index (κ1) is 16.7. The van der Waals surface area contributed by atoms with E-state index in [-0.39, 0.29) is 11.3 Å². The van der Waals surface area contributed by atoms with Crippen LogP contribution in [-0.4, -0.2) is 5.25 Å². The van der Waals surface area contributed by atoms with Gasteiger partial charge < -0.3 is 5.73 Å². The fraction of sp³-hybridized carbons (Fsp3) is 0.294. The van der Waals surface area contributed by atoms with Crippen molar-refractivity contribution in [1.82, 2.24) is 0 Å². The van der Waals surface area contributed by atoms with Crippen molar-refractivity contribution in [2.45, 2.75) is 30.0 Å². The summed E-state index contributed by atoms with van der Waals surface area (Å²) in [7, 11) is 0. The van der Waals surface area contributed by atoms with Gasteiger partial charge in [0.15, 0.2) is 0 Å². The lowest BCUT2D eigenvalue weighted by Crippen LogP contribution is -2.28. The molecule has 112 valence electrons. The summed E-state index contributed by atoms with van der Waals surface area (Å²) in [6.45, 7) is 4.38. The zero-order chi connectivity index (χ0) is 15.4. The summed E-state index contributed by atoms with van der Waals surface area (Å²) >= 11 is 13.8. The van der Waals surface area contributed by atoms with Gasteiger partial charge in [-0.25, -0.2) is 0 Å². The Balaban J connectivity index is 2.21. The Hall–Kier alpha value is -0.670. The number of benzene rings is 2. The van der Waals surface area contributed by atoms with Gasteiger partial charge in [-0.1, -0.05) is 67.4 Å². The van der Waals surface area contributed by atoms with E-state index < -0.39 is 0 Å². The molecule has 0 aliphatic rings. The highest BCUT2D eigenvalue weighted by molar-refractivity contribution is 8.00. The van der Waals surface area contributed by atoms with E-state index in [1.807, 2.05) is 36.4 Å². The van der Waals surface area contributed by atoms with Crippen molar-refractivity contribution in [3.05, 3.63) is 64.1 Å². The lowest BCUT2D eigenvalue weighted by molar-refractivity contribution is 0.527. The average molecular weight is 340 g/mol. The molecule has 1 nitrogen and oxygen atoms in total. The van der Waals surface area contributed by atoms with E-state index >= 15 is 0 Å². The first-order valence-corrected chi connectivity index (χ1v) is 8.55. The number of halogens is 2. The first-order valence-electron chi connectivity index (χ1n) is 6.91. The van der Waals surface area contributed by atoms with Gasteiger partial charge in [-0.3, -0.25) is 0 Å². The fourth-order valence-electron chi connectivity index (χ4n) is 2.20. The zero-order valence-corrected chi connectivity index (χ0v) is 14.4. The molecule has 0 saturated heterocycles. The van der Waals surface area contributed by atoms with E-state index in [1.54, 1.807) is 11.8 Å². The van der Waals surface area contributed by atoms with Crippen LogP contribution in [0.3, 0.4) is 0 Å². The Bertz CT molecular complexity index is 587. The fourth-order valence-corrected chi connectivity index (χ4v) is 3.78. The Morgan fingerprint density at radius 1 is 0.952 bits per heavy atom.